The number of thioether (sulfide) groups is 1. The molecular formula is C29H36F4N4O3S. The highest BCUT2D eigenvalue weighted by Gasteiger charge is 2.48. The molecule has 0 unspecified atom stereocenters. The van der Waals surface area contributed by atoms with E-state index in [9.17, 15) is 31.9 Å². The lowest BCUT2D eigenvalue weighted by molar-refractivity contribution is -0.150. The van der Waals surface area contributed by atoms with E-state index >= 15 is 0 Å². The number of carbonyl (C=O) groups excluding carboxylic acids is 2. The molecule has 3 saturated carbocycles. The first-order chi connectivity index (χ1) is 19.5. The van der Waals surface area contributed by atoms with Gasteiger partial charge >= 0.3 is 6.18 Å². The Labute approximate surface area is 240 Å². The SMILES string of the molecule is O=C1CC[C@H](n2c(C(F)(F)F)nc3cccc(SCCCCCCCNC45CCC(F)(CC4)CC5)c3c2=O)C(=O)N1. The molecule has 1 aliphatic heterocycles. The van der Waals surface area contributed by atoms with Gasteiger partial charge in [0.1, 0.15) is 11.7 Å². The molecule has 224 valence electrons. The molecule has 2 aromatic rings. The molecule has 1 aromatic heterocycles. The number of aromatic nitrogens is 2. The van der Waals surface area contributed by atoms with E-state index in [1.54, 1.807) is 12.1 Å². The number of hydrogen-bond acceptors (Lipinski definition) is 6. The Balaban J connectivity index is 1.16. The van der Waals surface area contributed by atoms with E-state index in [-0.39, 0.29) is 29.3 Å². The highest BCUT2D eigenvalue weighted by molar-refractivity contribution is 7.99. The van der Waals surface area contributed by atoms with Crippen molar-refractivity contribution < 1.29 is 27.2 Å². The zero-order valence-electron chi connectivity index (χ0n) is 23.0. The van der Waals surface area contributed by atoms with Crippen molar-refractivity contribution in [3.63, 3.8) is 0 Å². The van der Waals surface area contributed by atoms with E-state index in [0.29, 0.717) is 34.5 Å². The maximum atomic E-state index is 14.4. The number of alkyl halides is 4. The third kappa shape index (κ3) is 6.63. The van der Waals surface area contributed by atoms with Crippen LogP contribution in [0.2, 0.25) is 0 Å². The minimum Gasteiger partial charge on any atom is -0.311 e. The maximum absolute atomic E-state index is 14.4. The second-order valence-electron chi connectivity index (χ2n) is 11.7. The number of rotatable bonds is 11. The van der Waals surface area contributed by atoms with Gasteiger partial charge in [-0.15, -0.1) is 11.8 Å². The van der Waals surface area contributed by atoms with Gasteiger partial charge in [0.05, 0.1) is 10.9 Å². The predicted molar refractivity (Wildman–Crippen MR) is 149 cm³/mol. The van der Waals surface area contributed by atoms with Gasteiger partial charge in [0.25, 0.3) is 5.56 Å². The number of fused-ring (bicyclic) bond motifs is 4. The Hall–Kier alpha value is -2.47. The van der Waals surface area contributed by atoms with Crippen LogP contribution in [0.5, 0.6) is 0 Å². The van der Waals surface area contributed by atoms with Gasteiger partial charge in [-0.25, -0.2) is 9.37 Å². The summed E-state index contributed by atoms with van der Waals surface area (Å²) in [4.78, 5) is 41.7. The highest BCUT2D eigenvalue weighted by atomic mass is 32.2. The summed E-state index contributed by atoms with van der Waals surface area (Å²) in [5.41, 5.74) is -1.79. The number of amides is 2. The second kappa shape index (κ2) is 12.0. The van der Waals surface area contributed by atoms with Crippen LogP contribution in [-0.2, 0) is 15.8 Å². The molecule has 2 heterocycles. The maximum Gasteiger partial charge on any atom is 0.449 e. The molecule has 6 rings (SSSR count). The molecule has 7 nitrogen and oxygen atoms in total. The summed E-state index contributed by atoms with van der Waals surface area (Å²) >= 11 is 1.40. The number of halogens is 4. The minimum absolute atomic E-state index is 0.0519. The van der Waals surface area contributed by atoms with Crippen molar-refractivity contribution in [2.75, 3.05) is 12.3 Å². The van der Waals surface area contributed by atoms with Gasteiger partial charge in [0, 0.05) is 16.9 Å². The topological polar surface area (TPSA) is 93.1 Å². The number of imide groups is 1. The van der Waals surface area contributed by atoms with Crippen LogP contribution in [0.15, 0.2) is 27.9 Å². The van der Waals surface area contributed by atoms with Crippen molar-refractivity contribution in [2.24, 2.45) is 0 Å². The molecule has 4 aliphatic rings. The van der Waals surface area contributed by atoms with Crippen molar-refractivity contribution in [3.8, 4) is 0 Å². The zero-order valence-corrected chi connectivity index (χ0v) is 23.8. The number of piperidine rings is 1. The summed E-state index contributed by atoms with van der Waals surface area (Å²) in [7, 11) is 0. The largest absolute Gasteiger partial charge is 0.449 e. The van der Waals surface area contributed by atoms with Crippen LogP contribution < -0.4 is 16.2 Å². The molecule has 3 aliphatic carbocycles. The first kappa shape index (κ1) is 30.0. The first-order valence-electron chi connectivity index (χ1n) is 14.5. The molecule has 2 bridgehead atoms. The van der Waals surface area contributed by atoms with E-state index < -0.39 is 41.1 Å². The van der Waals surface area contributed by atoms with Gasteiger partial charge in [-0.3, -0.25) is 24.3 Å². The molecule has 1 aromatic carbocycles. The molecule has 41 heavy (non-hydrogen) atoms. The Morgan fingerprint density at radius 2 is 1.68 bits per heavy atom. The number of carbonyl (C=O) groups is 2. The predicted octanol–water partition coefficient (Wildman–Crippen LogP) is 5.84. The number of nitrogens with zero attached hydrogens (tertiary/aromatic N) is 2. The molecule has 1 atom stereocenters. The van der Waals surface area contributed by atoms with Crippen LogP contribution in [0.3, 0.4) is 0 Å². The van der Waals surface area contributed by atoms with E-state index in [0.717, 1.165) is 57.9 Å². The number of benzene rings is 1. The smallest absolute Gasteiger partial charge is 0.311 e. The van der Waals surface area contributed by atoms with Gasteiger partial charge in [-0.1, -0.05) is 25.3 Å². The second-order valence-corrected chi connectivity index (χ2v) is 12.8. The van der Waals surface area contributed by atoms with E-state index in [1.165, 1.54) is 17.8 Å². The van der Waals surface area contributed by atoms with Crippen molar-refractivity contribution in [1.29, 1.82) is 0 Å². The summed E-state index contributed by atoms with van der Waals surface area (Å²) in [6.45, 7) is 0.941. The van der Waals surface area contributed by atoms with Crippen LogP contribution >= 0.6 is 11.8 Å². The van der Waals surface area contributed by atoms with Crippen LogP contribution in [0.4, 0.5) is 17.6 Å². The van der Waals surface area contributed by atoms with E-state index in [1.807, 2.05) is 5.32 Å². The quantitative estimate of drug-likeness (QED) is 0.147. The Morgan fingerprint density at radius 1 is 1.00 bits per heavy atom. The van der Waals surface area contributed by atoms with Crippen molar-refractivity contribution in [3.05, 3.63) is 34.4 Å². The molecule has 4 fully saturated rings. The lowest BCUT2D eigenvalue weighted by atomic mass is 9.64. The van der Waals surface area contributed by atoms with Crippen molar-refractivity contribution in [2.45, 2.75) is 112 Å². The van der Waals surface area contributed by atoms with Crippen molar-refractivity contribution >= 4 is 34.5 Å². The fourth-order valence-electron chi connectivity index (χ4n) is 6.45. The van der Waals surface area contributed by atoms with E-state index in [4.69, 9.17) is 0 Å². The fraction of sp³-hybridized carbons (Fsp3) is 0.655. The standard InChI is InChI=1S/C29H36F4N4O3S/c30-27-11-14-28(15-12-27,16-13-27)34-17-4-2-1-3-5-18-41-21-8-6-7-19-23(21)25(40)37(26(35-19)29(31,32)33)20-9-10-22(38)36-24(20)39/h6-8,20,34H,1-5,9-18H2,(H,36,38,39)/t20-,27?,28?/m0/s1. The summed E-state index contributed by atoms with van der Waals surface area (Å²) in [5, 5.41) is 5.80. The van der Waals surface area contributed by atoms with Gasteiger partial charge in [0.2, 0.25) is 17.6 Å². The van der Waals surface area contributed by atoms with Gasteiger partial charge in [0.15, 0.2) is 0 Å². The van der Waals surface area contributed by atoms with Crippen LogP contribution in [0, 0.1) is 0 Å². The Bertz CT molecular complexity index is 1340. The molecule has 12 heteroatoms. The van der Waals surface area contributed by atoms with Crippen LogP contribution in [0.25, 0.3) is 10.9 Å². The normalized spacial score (nSPS) is 26.5. The molecule has 2 amide bonds. The third-order valence-corrected chi connectivity index (χ3v) is 10.0. The number of unbranched alkanes of at least 4 members (excludes halogenated alkanes) is 4. The summed E-state index contributed by atoms with van der Waals surface area (Å²) in [6, 6.07) is 3.17. The van der Waals surface area contributed by atoms with Gasteiger partial charge in [-0.05, 0) is 82.2 Å². The van der Waals surface area contributed by atoms with Gasteiger partial charge < -0.3 is 5.32 Å². The lowest BCUT2D eigenvalue weighted by Gasteiger charge is -2.50. The molecule has 0 spiro atoms. The van der Waals surface area contributed by atoms with E-state index in [2.05, 4.69) is 10.3 Å². The third-order valence-electron chi connectivity index (χ3n) is 8.90. The summed E-state index contributed by atoms with van der Waals surface area (Å²) < 4.78 is 56.5. The molecule has 2 N–H and O–H groups in total. The lowest BCUT2D eigenvalue weighted by Crippen LogP contribution is -2.56. The fourth-order valence-corrected chi connectivity index (χ4v) is 7.53. The molecule has 0 radical (unpaired) electrons. The minimum atomic E-state index is -4.96. The molecule has 1 saturated heterocycles. The highest BCUT2D eigenvalue weighted by Crippen LogP contribution is 2.48. The van der Waals surface area contributed by atoms with Gasteiger partial charge in [-0.2, -0.15) is 13.2 Å². The number of nitrogens with one attached hydrogen (secondary N) is 2. The molecular weight excluding hydrogens is 560 g/mol. The van der Waals surface area contributed by atoms with Crippen LogP contribution in [0.1, 0.15) is 95.3 Å². The first-order valence-corrected chi connectivity index (χ1v) is 15.5. The zero-order chi connectivity index (χ0) is 29.3. The summed E-state index contributed by atoms with van der Waals surface area (Å²) in [6.07, 6.45) is 4.57. The van der Waals surface area contributed by atoms with Crippen molar-refractivity contribution in [1.82, 2.24) is 20.2 Å². The average molecular weight is 597 g/mol. The average Bonchev–Trinajstić information content (AvgIpc) is 2.93. The monoisotopic (exact) mass is 596 g/mol. The van der Waals surface area contributed by atoms with Crippen LogP contribution in [-0.4, -0.2) is 44.9 Å². The summed E-state index contributed by atoms with van der Waals surface area (Å²) in [5.74, 6) is -2.27. The Morgan fingerprint density at radius 3 is 2.37 bits per heavy atom. The number of hydrogen-bond donors (Lipinski definition) is 2. The Kier molecular flexibility index (Phi) is 8.80.